The molecule has 0 bridgehead atoms. The minimum atomic E-state index is -0.335. The average molecular weight is 621 g/mol. The van der Waals surface area contributed by atoms with Crippen LogP contribution >= 0.6 is 11.3 Å². The molecule has 2 N–H and O–H groups in total. The summed E-state index contributed by atoms with van der Waals surface area (Å²) in [5.74, 6) is -0.113. The van der Waals surface area contributed by atoms with Crippen LogP contribution in [0.1, 0.15) is 23.7 Å². The zero-order valence-corrected chi connectivity index (χ0v) is 25.2. The molecule has 11 nitrogen and oxygen atoms in total. The molecule has 0 aliphatic carbocycles. The van der Waals surface area contributed by atoms with Crippen molar-refractivity contribution in [3.8, 4) is 5.13 Å². The first-order valence-corrected chi connectivity index (χ1v) is 15.3. The number of nitrogens with one attached hydrogen (secondary N) is 2. The minimum absolute atomic E-state index is 0.112. The Balaban J connectivity index is 1.28. The maximum absolute atomic E-state index is 15.3. The van der Waals surface area contributed by atoms with E-state index in [1.165, 1.54) is 17.4 Å². The van der Waals surface area contributed by atoms with Gasteiger partial charge in [0.15, 0.2) is 0 Å². The number of benzene rings is 2. The highest BCUT2D eigenvalue weighted by Crippen LogP contribution is 2.28. The molecule has 45 heavy (non-hydrogen) atoms. The van der Waals surface area contributed by atoms with E-state index in [2.05, 4.69) is 49.3 Å². The Hall–Kier alpha value is -5.27. The fourth-order valence-electron chi connectivity index (χ4n) is 5.53. The molecule has 0 radical (unpaired) electrons. The molecular formula is C32H29FN10OS. The third-order valence-corrected chi connectivity index (χ3v) is 8.58. The molecule has 0 amide bonds. The first-order valence-electron chi connectivity index (χ1n) is 14.4. The molecule has 7 rings (SSSR count). The second-order valence-corrected chi connectivity index (χ2v) is 11.6. The lowest BCUT2D eigenvalue weighted by atomic mass is 10.00. The molecule has 4 aromatic heterocycles. The largest absolute Gasteiger partial charge is 0.364 e. The first kappa shape index (κ1) is 28.5. The summed E-state index contributed by atoms with van der Waals surface area (Å²) in [4.78, 5) is 29.8. The molecule has 13 heteroatoms. The van der Waals surface area contributed by atoms with Crippen molar-refractivity contribution in [3.63, 3.8) is 0 Å². The summed E-state index contributed by atoms with van der Waals surface area (Å²) in [6, 6.07) is 16.5. The van der Waals surface area contributed by atoms with Gasteiger partial charge in [0.2, 0.25) is 11.1 Å². The third-order valence-electron chi connectivity index (χ3n) is 7.83. The average Bonchev–Trinajstić information content (AvgIpc) is 3.76. The molecule has 1 unspecified atom stereocenters. The van der Waals surface area contributed by atoms with Gasteiger partial charge < -0.3 is 15.5 Å². The number of piperazine rings is 1. The molecule has 0 saturated carbocycles. The van der Waals surface area contributed by atoms with E-state index < -0.39 is 0 Å². The van der Waals surface area contributed by atoms with Gasteiger partial charge in [-0.1, -0.05) is 42.1 Å². The molecule has 226 valence electrons. The number of hydrogen-bond donors (Lipinski definition) is 2. The first-order chi connectivity index (χ1) is 22.0. The van der Waals surface area contributed by atoms with E-state index in [9.17, 15) is 4.79 Å². The van der Waals surface area contributed by atoms with Gasteiger partial charge in [0.05, 0.1) is 24.1 Å². The van der Waals surface area contributed by atoms with Crippen molar-refractivity contribution < 1.29 is 4.39 Å². The zero-order valence-electron chi connectivity index (χ0n) is 24.4. The highest BCUT2D eigenvalue weighted by molar-refractivity contribution is 7.12. The van der Waals surface area contributed by atoms with E-state index in [1.807, 2.05) is 35.7 Å². The highest BCUT2D eigenvalue weighted by atomic mass is 32.1. The van der Waals surface area contributed by atoms with Gasteiger partial charge in [0.25, 0.3) is 5.56 Å². The van der Waals surface area contributed by atoms with E-state index in [4.69, 9.17) is 4.98 Å². The van der Waals surface area contributed by atoms with Gasteiger partial charge in [-0.15, -0.1) is 16.4 Å². The smallest absolute Gasteiger partial charge is 0.260 e. The van der Waals surface area contributed by atoms with E-state index in [1.54, 1.807) is 46.0 Å². The number of hydrogen-bond acceptors (Lipinski definition) is 10. The number of aromatic nitrogens is 7. The van der Waals surface area contributed by atoms with E-state index in [-0.39, 0.29) is 29.9 Å². The lowest BCUT2D eigenvalue weighted by Crippen LogP contribution is -2.50. The number of anilines is 3. The van der Waals surface area contributed by atoms with Crippen LogP contribution in [0.25, 0.3) is 21.7 Å². The molecule has 1 saturated heterocycles. The van der Waals surface area contributed by atoms with E-state index in [0.29, 0.717) is 44.4 Å². The summed E-state index contributed by atoms with van der Waals surface area (Å²) in [7, 11) is 0. The molecule has 5 heterocycles. The number of rotatable bonds is 8. The van der Waals surface area contributed by atoms with Crippen LogP contribution in [0.15, 0.2) is 89.9 Å². The van der Waals surface area contributed by atoms with Crippen molar-refractivity contribution in [2.45, 2.75) is 19.5 Å². The Kier molecular flexibility index (Phi) is 7.61. The predicted octanol–water partition coefficient (Wildman–Crippen LogP) is 4.62. The van der Waals surface area contributed by atoms with Crippen molar-refractivity contribution in [2.24, 2.45) is 0 Å². The molecule has 1 aliphatic rings. The molecule has 1 atom stereocenters. The summed E-state index contributed by atoms with van der Waals surface area (Å²) in [6.45, 7) is 8.75. The minimum Gasteiger partial charge on any atom is -0.364 e. The number of fused-ring (bicyclic) bond motifs is 1. The van der Waals surface area contributed by atoms with Gasteiger partial charge in [0, 0.05) is 60.1 Å². The van der Waals surface area contributed by atoms with Gasteiger partial charge >= 0.3 is 0 Å². The van der Waals surface area contributed by atoms with Gasteiger partial charge in [0.1, 0.15) is 11.5 Å². The van der Waals surface area contributed by atoms with Gasteiger partial charge in [-0.25, -0.2) is 14.4 Å². The maximum atomic E-state index is 15.3. The molecule has 2 aromatic carbocycles. The highest BCUT2D eigenvalue weighted by Gasteiger charge is 2.22. The molecule has 1 fully saturated rings. The van der Waals surface area contributed by atoms with Gasteiger partial charge in [-0.3, -0.25) is 9.36 Å². The van der Waals surface area contributed by atoms with Crippen LogP contribution in [0.5, 0.6) is 0 Å². The summed E-state index contributed by atoms with van der Waals surface area (Å²) in [6.07, 6.45) is 4.93. The predicted molar refractivity (Wildman–Crippen MR) is 174 cm³/mol. The second kappa shape index (κ2) is 12.0. The number of halogens is 1. The molecular weight excluding hydrogens is 591 g/mol. The maximum Gasteiger partial charge on any atom is 0.260 e. The number of thiazole rings is 1. The number of pyridine rings is 1. The summed E-state index contributed by atoms with van der Waals surface area (Å²) in [5.41, 5.74) is 3.63. The summed E-state index contributed by atoms with van der Waals surface area (Å²) < 4.78 is 18.5. The summed E-state index contributed by atoms with van der Waals surface area (Å²) in [5, 5.41) is 17.8. The van der Waals surface area contributed by atoms with Crippen LogP contribution in [-0.2, 0) is 6.54 Å². The van der Waals surface area contributed by atoms with Crippen LogP contribution in [0.3, 0.4) is 0 Å². The van der Waals surface area contributed by atoms with E-state index in [0.717, 1.165) is 25.2 Å². The van der Waals surface area contributed by atoms with Crippen LogP contribution in [0.4, 0.5) is 21.7 Å². The quantitative estimate of drug-likeness (QED) is 0.251. The monoisotopic (exact) mass is 620 g/mol. The van der Waals surface area contributed by atoms with Crippen molar-refractivity contribution in [1.82, 2.24) is 39.8 Å². The van der Waals surface area contributed by atoms with Crippen LogP contribution in [0, 0.1) is 5.82 Å². The van der Waals surface area contributed by atoms with E-state index >= 15 is 4.39 Å². The lowest BCUT2D eigenvalue weighted by Gasteiger charge is -2.36. The van der Waals surface area contributed by atoms with Crippen molar-refractivity contribution >= 4 is 45.3 Å². The fraction of sp³-hybridized carbons (Fsp3) is 0.188. The second-order valence-electron chi connectivity index (χ2n) is 10.8. The normalized spacial score (nSPS) is 15.0. The molecule has 1 aliphatic heterocycles. The third kappa shape index (κ3) is 5.58. The topological polar surface area (TPSA) is 119 Å². The summed E-state index contributed by atoms with van der Waals surface area (Å²) >= 11 is 1.41. The van der Waals surface area contributed by atoms with Crippen LogP contribution in [0.2, 0.25) is 0 Å². The fourth-order valence-corrected chi connectivity index (χ4v) is 6.15. The van der Waals surface area contributed by atoms with Crippen molar-refractivity contribution in [2.75, 3.05) is 29.9 Å². The van der Waals surface area contributed by atoms with Gasteiger partial charge in [-0.05, 0) is 42.3 Å². The van der Waals surface area contributed by atoms with Gasteiger partial charge in [-0.2, -0.15) is 9.67 Å². The van der Waals surface area contributed by atoms with Crippen LogP contribution < -0.4 is 21.1 Å². The lowest BCUT2D eigenvalue weighted by molar-refractivity contribution is 0.491. The Labute approximate surface area is 261 Å². The van der Waals surface area contributed by atoms with Crippen molar-refractivity contribution in [3.05, 3.63) is 118 Å². The number of nitrogens with zero attached hydrogens (tertiary/aromatic N) is 8. The SMILES string of the molecule is C=C(c1ccccc1)c1cc2cnc(Nc3ccc(N4CCNCC4C)c(F)c3)nc2n(Cc2cnnn2-c2nccs2)c1=O. The standard InChI is InChI=1S/C32H29FN10OS/c1-20-16-34-10-12-41(20)28-9-8-24(15-27(28)33)38-31-36-17-23-14-26(21(2)22-6-4-3-5-7-22)30(44)42(29(23)39-31)19-25-18-37-40-43(25)32-35-11-13-45-32/h3-9,11,13-15,17-18,20,34H,2,10,12,16,19H2,1H3,(H,36,38,39). The van der Waals surface area contributed by atoms with Crippen LogP contribution in [-0.4, -0.2) is 60.2 Å². The Morgan fingerprint density at radius 2 is 2.02 bits per heavy atom. The molecule has 0 spiro atoms. The zero-order chi connectivity index (χ0) is 30.9. The Bertz CT molecular complexity index is 2060. The Morgan fingerprint density at radius 3 is 2.80 bits per heavy atom. The molecule has 6 aromatic rings. The Morgan fingerprint density at radius 1 is 1.16 bits per heavy atom. The van der Waals surface area contributed by atoms with Crippen molar-refractivity contribution in [1.29, 1.82) is 0 Å².